The number of fused-ring (bicyclic) bond motifs is 6. The Hall–Kier alpha value is -3.24. The van der Waals surface area contributed by atoms with Gasteiger partial charge in [-0.1, -0.05) is 18.2 Å². The van der Waals surface area contributed by atoms with E-state index in [0.717, 1.165) is 24.8 Å². The topological polar surface area (TPSA) is 125 Å². The summed E-state index contributed by atoms with van der Waals surface area (Å²) in [6.45, 7) is 0.407. The zero-order chi connectivity index (χ0) is 24.5. The van der Waals surface area contributed by atoms with E-state index >= 15 is 0 Å². The Morgan fingerprint density at radius 1 is 1.11 bits per heavy atom. The zero-order valence-electron chi connectivity index (χ0n) is 18.8. The molecule has 2 saturated carbocycles. The summed E-state index contributed by atoms with van der Waals surface area (Å²) < 4.78 is 43.4. The normalized spacial score (nSPS) is 28.5. The molecule has 8 nitrogen and oxygen atoms in total. The molecule has 0 saturated heterocycles. The monoisotopic (exact) mass is 496 g/mol. The van der Waals surface area contributed by atoms with Gasteiger partial charge in [-0.2, -0.15) is 8.42 Å². The second-order valence-electron chi connectivity index (χ2n) is 9.74. The van der Waals surface area contributed by atoms with E-state index in [1.165, 1.54) is 18.2 Å². The van der Waals surface area contributed by atoms with Gasteiger partial charge in [0.15, 0.2) is 5.84 Å². The SMILES string of the molecule is NCc1ccc2c(c1)S(=O)(=O)N=C(C1=C(O)C3C([C@@H]4CC[C@H]3C4)N(Cc3ccc(F)cc3)C1=O)N2. The number of hydrogen-bond donors (Lipinski definition) is 3. The number of nitrogens with one attached hydrogen (secondary N) is 1. The Morgan fingerprint density at radius 2 is 1.83 bits per heavy atom. The van der Waals surface area contributed by atoms with Crippen LogP contribution in [-0.4, -0.2) is 36.2 Å². The van der Waals surface area contributed by atoms with Gasteiger partial charge in [0.05, 0.1) is 5.69 Å². The number of aliphatic hydroxyl groups excluding tert-OH is 1. The smallest absolute Gasteiger partial charge is 0.286 e. The Bertz CT molecular complexity index is 1400. The number of amides is 1. The molecule has 0 spiro atoms. The number of nitrogens with zero attached hydrogens (tertiary/aromatic N) is 2. The minimum absolute atomic E-state index is 0.0199. The summed E-state index contributed by atoms with van der Waals surface area (Å²) in [5, 5.41) is 14.3. The fourth-order valence-electron chi connectivity index (χ4n) is 6.27. The van der Waals surface area contributed by atoms with Crippen LogP contribution in [0.15, 0.2) is 63.1 Å². The maximum absolute atomic E-state index is 13.9. The number of benzene rings is 2. The lowest BCUT2D eigenvalue weighted by molar-refractivity contribution is -0.134. The van der Waals surface area contributed by atoms with Crippen molar-refractivity contribution >= 4 is 27.5 Å². The number of carbonyl (C=O) groups is 1. The summed E-state index contributed by atoms with van der Waals surface area (Å²) in [6.07, 6.45) is 2.83. The minimum Gasteiger partial charge on any atom is -0.511 e. The van der Waals surface area contributed by atoms with Crippen molar-refractivity contribution in [3.05, 3.63) is 70.7 Å². The Kier molecular flexibility index (Phi) is 5.01. The molecule has 2 aliphatic carbocycles. The van der Waals surface area contributed by atoms with Crippen LogP contribution in [0.2, 0.25) is 0 Å². The van der Waals surface area contributed by atoms with E-state index in [4.69, 9.17) is 5.73 Å². The van der Waals surface area contributed by atoms with Crippen LogP contribution in [0.3, 0.4) is 0 Å². The van der Waals surface area contributed by atoms with E-state index in [0.29, 0.717) is 5.56 Å². The van der Waals surface area contributed by atoms with E-state index in [-0.39, 0.29) is 70.5 Å². The molecule has 0 radical (unpaired) electrons. The lowest BCUT2D eigenvalue weighted by Crippen LogP contribution is -2.53. The number of sulfonamides is 1. The van der Waals surface area contributed by atoms with E-state index in [1.54, 1.807) is 29.2 Å². The summed E-state index contributed by atoms with van der Waals surface area (Å²) in [5.41, 5.74) is 7.22. The summed E-state index contributed by atoms with van der Waals surface area (Å²) >= 11 is 0. The third kappa shape index (κ3) is 3.46. The molecule has 0 aromatic heterocycles. The largest absolute Gasteiger partial charge is 0.511 e. The second kappa shape index (κ2) is 7.89. The van der Waals surface area contributed by atoms with Crippen molar-refractivity contribution in [1.29, 1.82) is 0 Å². The highest BCUT2D eigenvalue weighted by Gasteiger charge is 2.57. The van der Waals surface area contributed by atoms with Crippen molar-refractivity contribution in [2.75, 3.05) is 5.32 Å². The predicted molar refractivity (Wildman–Crippen MR) is 127 cm³/mol. The Morgan fingerprint density at radius 3 is 2.57 bits per heavy atom. The lowest BCUT2D eigenvalue weighted by atomic mass is 9.77. The van der Waals surface area contributed by atoms with Gasteiger partial charge in [-0.05, 0) is 66.5 Å². The molecular formula is C25H25FN4O4S. The third-order valence-corrected chi connectivity index (χ3v) is 9.12. The number of amidine groups is 1. The van der Waals surface area contributed by atoms with Gasteiger partial charge in [-0.15, -0.1) is 4.40 Å². The first kappa shape index (κ1) is 22.2. The molecule has 2 bridgehead atoms. The molecule has 4 atom stereocenters. The number of carbonyl (C=O) groups excluding carboxylic acids is 1. The van der Waals surface area contributed by atoms with Crippen molar-refractivity contribution < 1.29 is 22.7 Å². The average molecular weight is 497 g/mol. The quantitative estimate of drug-likeness (QED) is 0.598. The molecule has 2 aromatic carbocycles. The molecule has 2 aliphatic heterocycles. The van der Waals surface area contributed by atoms with Gasteiger partial charge < -0.3 is 21.1 Å². The number of aliphatic hydroxyl groups is 1. The number of rotatable bonds is 4. The van der Waals surface area contributed by atoms with Crippen LogP contribution in [0, 0.1) is 23.6 Å². The van der Waals surface area contributed by atoms with Crippen molar-refractivity contribution in [3.8, 4) is 0 Å². The van der Waals surface area contributed by atoms with E-state index in [2.05, 4.69) is 9.71 Å². The Balaban J connectivity index is 1.44. The summed E-state index contributed by atoms with van der Waals surface area (Å²) in [6, 6.07) is 10.5. The molecule has 2 unspecified atom stereocenters. The minimum atomic E-state index is -4.12. The van der Waals surface area contributed by atoms with Crippen LogP contribution in [0.25, 0.3) is 0 Å². The Labute approximate surface area is 202 Å². The number of anilines is 1. The highest BCUT2D eigenvalue weighted by Crippen LogP contribution is 2.55. The molecule has 10 heteroatoms. The molecule has 2 aromatic rings. The van der Waals surface area contributed by atoms with E-state index in [1.807, 2.05) is 0 Å². The van der Waals surface area contributed by atoms with Crippen molar-refractivity contribution in [3.63, 3.8) is 0 Å². The maximum atomic E-state index is 13.9. The molecule has 1 amide bonds. The van der Waals surface area contributed by atoms with Crippen LogP contribution in [0.1, 0.15) is 30.4 Å². The molecule has 4 N–H and O–H groups in total. The fourth-order valence-corrected chi connectivity index (χ4v) is 7.45. The number of nitrogens with two attached hydrogens (primary N) is 1. The highest BCUT2D eigenvalue weighted by molar-refractivity contribution is 7.90. The van der Waals surface area contributed by atoms with Crippen LogP contribution in [-0.2, 0) is 27.9 Å². The van der Waals surface area contributed by atoms with Crippen LogP contribution in [0.5, 0.6) is 0 Å². The fraction of sp³-hybridized carbons (Fsp3) is 0.360. The first-order chi connectivity index (χ1) is 16.8. The predicted octanol–water partition coefficient (Wildman–Crippen LogP) is 3.07. The average Bonchev–Trinajstić information content (AvgIpc) is 3.45. The molecular weight excluding hydrogens is 471 g/mol. The first-order valence-electron chi connectivity index (χ1n) is 11.7. The van der Waals surface area contributed by atoms with Crippen LogP contribution < -0.4 is 11.1 Å². The van der Waals surface area contributed by atoms with Gasteiger partial charge >= 0.3 is 0 Å². The van der Waals surface area contributed by atoms with Gasteiger partial charge in [0.25, 0.3) is 15.9 Å². The first-order valence-corrected chi connectivity index (χ1v) is 13.1. The maximum Gasteiger partial charge on any atom is 0.286 e. The van der Waals surface area contributed by atoms with E-state index < -0.39 is 15.9 Å². The van der Waals surface area contributed by atoms with Gasteiger partial charge in [-0.25, -0.2) is 4.39 Å². The second-order valence-corrected chi connectivity index (χ2v) is 11.3. The van der Waals surface area contributed by atoms with Crippen LogP contribution in [0.4, 0.5) is 10.1 Å². The van der Waals surface area contributed by atoms with Gasteiger partial charge in [-0.3, -0.25) is 4.79 Å². The van der Waals surface area contributed by atoms with Crippen molar-refractivity contribution in [2.24, 2.45) is 27.9 Å². The molecule has 35 heavy (non-hydrogen) atoms. The number of hydrogen-bond acceptors (Lipinski definition) is 6. The highest BCUT2D eigenvalue weighted by atomic mass is 32.2. The summed E-state index contributed by atoms with van der Waals surface area (Å²) in [5.74, 6) is -0.921. The van der Waals surface area contributed by atoms with Crippen LogP contribution >= 0.6 is 0 Å². The van der Waals surface area contributed by atoms with Gasteiger partial charge in [0, 0.05) is 25.0 Å². The van der Waals surface area contributed by atoms with Crippen molar-refractivity contribution in [2.45, 2.75) is 43.3 Å². The standard InChI is InChI=1S/C25H25FN4O4S/c26-17-6-1-13(2-7-17)12-30-22-16-5-4-15(10-16)20(22)23(31)21(25(30)32)24-28-18-8-3-14(11-27)9-19(18)35(33,34)29-24/h1-3,6-9,15-16,20,22,31H,4-5,10-12,27H2,(H,28,29)/t15-,16+,20?,22?/m0/s1. The molecule has 6 rings (SSSR count). The van der Waals surface area contributed by atoms with Gasteiger partial charge in [0.2, 0.25) is 0 Å². The third-order valence-electron chi connectivity index (χ3n) is 7.81. The molecule has 4 aliphatic rings. The molecule has 2 heterocycles. The summed E-state index contributed by atoms with van der Waals surface area (Å²) in [7, 11) is -4.12. The molecule has 182 valence electrons. The lowest BCUT2D eigenvalue weighted by Gasteiger charge is -2.44. The van der Waals surface area contributed by atoms with Crippen molar-refractivity contribution in [1.82, 2.24) is 4.90 Å². The van der Waals surface area contributed by atoms with E-state index in [9.17, 15) is 22.7 Å². The zero-order valence-corrected chi connectivity index (χ0v) is 19.6. The number of halogens is 1. The summed E-state index contributed by atoms with van der Waals surface area (Å²) in [4.78, 5) is 15.5. The van der Waals surface area contributed by atoms with Gasteiger partial charge in [0.1, 0.15) is 22.0 Å². The molecule has 2 fully saturated rings.